The van der Waals surface area contributed by atoms with Crippen molar-refractivity contribution in [1.82, 2.24) is 5.32 Å². The predicted molar refractivity (Wildman–Crippen MR) is 77.5 cm³/mol. The van der Waals surface area contributed by atoms with Crippen molar-refractivity contribution in [3.8, 4) is 5.75 Å². The molecule has 3 heteroatoms. The van der Waals surface area contributed by atoms with E-state index in [1.165, 1.54) is 31.2 Å². The van der Waals surface area contributed by atoms with Crippen molar-refractivity contribution in [2.24, 2.45) is 5.92 Å². The summed E-state index contributed by atoms with van der Waals surface area (Å²) in [6, 6.07) is 8.21. The summed E-state index contributed by atoms with van der Waals surface area (Å²) in [6.07, 6.45) is 5.44. The van der Waals surface area contributed by atoms with Crippen LogP contribution < -0.4 is 10.1 Å². The van der Waals surface area contributed by atoms with Crippen LogP contribution in [0.1, 0.15) is 31.2 Å². The second-order valence-electron chi connectivity index (χ2n) is 5.25. The van der Waals surface area contributed by atoms with Crippen molar-refractivity contribution in [2.75, 3.05) is 26.9 Å². The first kappa shape index (κ1) is 14.4. The molecule has 0 heterocycles. The average molecular weight is 263 g/mol. The van der Waals surface area contributed by atoms with E-state index in [0.717, 1.165) is 24.8 Å². The van der Waals surface area contributed by atoms with E-state index in [9.17, 15) is 0 Å². The Morgan fingerprint density at radius 3 is 2.53 bits per heavy atom. The van der Waals surface area contributed by atoms with Crippen LogP contribution in [0.3, 0.4) is 0 Å². The van der Waals surface area contributed by atoms with Crippen LogP contribution in [-0.2, 0) is 11.3 Å². The molecule has 19 heavy (non-hydrogen) atoms. The maximum Gasteiger partial charge on any atom is 0.119 e. The standard InChI is InChI=1S/C16H25NO2/c1-17-12-14-6-8-16(9-7-14)19-11-10-18-13-15-4-2-3-5-15/h6-9,15,17H,2-5,10-13H2,1H3. The van der Waals surface area contributed by atoms with Gasteiger partial charge in [-0.25, -0.2) is 0 Å². The molecule has 0 saturated heterocycles. The van der Waals surface area contributed by atoms with Gasteiger partial charge in [-0.3, -0.25) is 0 Å². The van der Waals surface area contributed by atoms with E-state index in [0.29, 0.717) is 13.2 Å². The van der Waals surface area contributed by atoms with Gasteiger partial charge in [0.15, 0.2) is 0 Å². The van der Waals surface area contributed by atoms with E-state index in [4.69, 9.17) is 9.47 Å². The molecule has 0 bridgehead atoms. The van der Waals surface area contributed by atoms with Gasteiger partial charge < -0.3 is 14.8 Å². The summed E-state index contributed by atoms with van der Waals surface area (Å²) in [5.74, 6) is 1.71. The minimum Gasteiger partial charge on any atom is -0.491 e. The molecule has 0 spiro atoms. The van der Waals surface area contributed by atoms with Crippen molar-refractivity contribution in [3.05, 3.63) is 29.8 Å². The van der Waals surface area contributed by atoms with E-state index in [-0.39, 0.29) is 0 Å². The largest absolute Gasteiger partial charge is 0.491 e. The molecule has 2 rings (SSSR count). The zero-order valence-electron chi connectivity index (χ0n) is 11.9. The highest BCUT2D eigenvalue weighted by Gasteiger charge is 2.14. The predicted octanol–water partition coefficient (Wildman–Crippen LogP) is 2.99. The van der Waals surface area contributed by atoms with Crippen molar-refractivity contribution >= 4 is 0 Å². The topological polar surface area (TPSA) is 30.5 Å². The Kier molecular flexibility index (Phi) is 6.18. The number of hydrogen-bond acceptors (Lipinski definition) is 3. The lowest BCUT2D eigenvalue weighted by Crippen LogP contribution is -2.11. The summed E-state index contributed by atoms with van der Waals surface area (Å²) in [5.41, 5.74) is 1.27. The molecule has 0 radical (unpaired) electrons. The molecule has 0 aromatic heterocycles. The van der Waals surface area contributed by atoms with Gasteiger partial charge in [0.1, 0.15) is 12.4 Å². The van der Waals surface area contributed by atoms with Crippen LogP contribution in [0.25, 0.3) is 0 Å². The Balaban J connectivity index is 1.57. The molecule has 0 unspecified atom stereocenters. The van der Waals surface area contributed by atoms with E-state index in [2.05, 4.69) is 17.4 Å². The maximum absolute atomic E-state index is 5.67. The van der Waals surface area contributed by atoms with Crippen molar-refractivity contribution < 1.29 is 9.47 Å². The van der Waals surface area contributed by atoms with Gasteiger partial charge in [0.25, 0.3) is 0 Å². The van der Waals surface area contributed by atoms with Crippen LogP contribution in [0.4, 0.5) is 0 Å². The fourth-order valence-corrected chi connectivity index (χ4v) is 2.55. The molecule has 1 aromatic rings. The third-order valence-electron chi connectivity index (χ3n) is 3.63. The van der Waals surface area contributed by atoms with Crippen molar-refractivity contribution in [1.29, 1.82) is 0 Å². The number of benzene rings is 1. The fraction of sp³-hybridized carbons (Fsp3) is 0.625. The molecule has 1 aliphatic rings. The van der Waals surface area contributed by atoms with Crippen molar-refractivity contribution in [3.63, 3.8) is 0 Å². The van der Waals surface area contributed by atoms with Gasteiger partial charge >= 0.3 is 0 Å². The van der Waals surface area contributed by atoms with Gasteiger partial charge in [-0.15, -0.1) is 0 Å². The first-order chi connectivity index (χ1) is 9.38. The van der Waals surface area contributed by atoms with Crippen LogP contribution in [0.5, 0.6) is 5.75 Å². The third-order valence-corrected chi connectivity index (χ3v) is 3.63. The quantitative estimate of drug-likeness (QED) is 0.731. The summed E-state index contributed by atoms with van der Waals surface area (Å²) in [5, 5.41) is 3.13. The number of rotatable bonds is 8. The summed E-state index contributed by atoms with van der Waals surface area (Å²) in [7, 11) is 1.95. The number of nitrogens with one attached hydrogen (secondary N) is 1. The van der Waals surface area contributed by atoms with E-state index in [1.807, 2.05) is 19.2 Å². The minimum atomic E-state index is 0.637. The molecule has 1 N–H and O–H groups in total. The van der Waals surface area contributed by atoms with Crippen LogP contribution in [0.2, 0.25) is 0 Å². The SMILES string of the molecule is CNCc1ccc(OCCOCC2CCCC2)cc1. The Bertz CT molecular complexity index is 344. The lowest BCUT2D eigenvalue weighted by Gasteiger charge is -2.11. The lowest BCUT2D eigenvalue weighted by atomic mass is 10.1. The normalized spacial score (nSPS) is 15.8. The van der Waals surface area contributed by atoms with Gasteiger partial charge in [-0.1, -0.05) is 25.0 Å². The van der Waals surface area contributed by atoms with Gasteiger partial charge in [-0.2, -0.15) is 0 Å². The van der Waals surface area contributed by atoms with Gasteiger partial charge in [-0.05, 0) is 43.5 Å². The molecule has 1 aliphatic carbocycles. The molecular formula is C16H25NO2. The summed E-state index contributed by atoms with van der Waals surface area (Å²) in [4.78, 5) is 0. The molecule has 0 atom stereocenters. The van der Waals surface area contributed by atoms with Gasteiger partial charge in [0, 0.05) is 13.2 Å². The Labute approximate surface area is 116 Å². The molecule has 3 nitrogen and oxygen atoms in total. The summed E-state index contributed by atoms with van der Waals surface area (Å²) in [6.45, 7) is 3.13. The zero-order valence-corrected chi connectivity index (χ0v) is 11.9. The summed E-state index contributed by atoms with van der Waals surface area (Å²) < 4.78 is 11.3. The monoisotopic (exact) mass is 263 g/mol. The third kappa shape index (κ3) is 5.21. The van der Waals surface area contributed by atoms with Gasteiger partial charge in [0.2, 0.25) is 0 Å². The first-order valence-corrected chi connectivity index (χ1v) is 7.32. The second kappa shape index (κ2) is 8.18. The average Bonchev–Trinajstić information content (AvgIpc) is 2.94. The fourth-order valence-electron chi connectivity index (χ4n) is 2.55. The van der Waals surface area contributed by atoms with E-state index < -0.39 is 0 Å². The summed E-state index contributed by atoms with van der Waals surface area (Å²) >= 11 is 0. The van der Waals surface area contributed by atoms with Crippen LogP contribution in [0.15, 0.2) is 24.3 Å². The second-order valence-corrected chi connectivity index (χ2v) is 5.25. The molecule has 0 aliphatic heterocycles. The highest BCUT2D eigenvalue weighted by atomic mass is 16.5. The highest BCUT2D eigenvalue weighted by Crippen LogP contribution is 2.24. The maximum atomic E-state index is 5.67. The lowest BCUT2D eigenvalue weighted by molar-refractivity contribution is 0.0754. The Morgan fingerprint density at radius 1 is 1.11 bits per heavy atom. The molecule has 1 fully saturated rings. The molecular weight excluding hydrogens is 238 g/mol. The molecule has 106 valence electrons. The van der Waals surface area contributed by atoms with E-state index in [1.54, 1.807) is 0 Å². The van der Waals surface area contributed by atoms with Crippen LogP contribution in [-0.4, -0.2) is 26.9 Å². The smallest absolute Gasteiger partial charge is 0.119 e. The Morgan fingerprint density at radius 2 is 1.84 bits per heavy atom. The molecule has 1 saturated carbocycles. The number of hydrogen-bond donors (Lipinski definition) is 1. The molecule has 0 amide bonds. The Hall–Kier alpha value is -1.06. The highest BCUT2D eigenvalue weighted by molar-refractivity contribution is 5.27. The van der Waals surface area contributed by atoms with Crippen LogP contribution in [0, 0.1) is 5.92 Å². The first-order valence-electron chi connectivity index (χ1n) is 7.32. The number of ether oxygens (including phenoxy) is 2. The minimum absolute atomic E-state index is 0.637. The van der Waals surface area contributed by atoms with Crippen LogP contribution >= 0.6 is 0 Å². The zero-order chi connectivity index (χ0) is 13.3. The van der Waals surface area contributed by atoms with Crippen molar-refractivity contribution in [2.45, 2.75) is 32.2 Å². The van der Waals surface area contributed by atoms with Gasteiger partial charge in [0.05, 0.1) is 6.61 Å². The van der Waals surface area contributed by atoms with E-state index >= 15 is 0 Å². The molecule has 1 aromatic carbocycles.